The third-order valence-electron chi connectivity index (χ3n) is 7.12. The van der Waals surface area contributed by atoms with E-state index in [2.05, 4.69) is 14.9 Å². The number of aliphatic hydroxyl groups excluding tert-OH is 1. The summed E-state index contributed by atoms with van der Waals surface area (Å²) in [6.45, 7) is 2.67. The second kappa shape index (κ2) is 12.2. The summed E-state index contributed by atoms with van der Waals surface area (Å²) >= 11 is 8.28. The van der Waals surface area contributed by atoms with Crippen LogP contribution in [0.15, 0.2) is 53.8 Å². The minimum Gasteiger partial charge on any atom is -0.497 e. The van der Waals surface area contributed by atoms with Crippen LogP contribution in [0, 0.1) is 5.41 Å². The van der Waals surface area contributed by atoms with Gasteiger partial charge < -0.3 is 19.8 Å². The Morgan fingerprint density at radius 1 is 1.25 bits per heavy atom. The van der Waals surface area contributed by atoms with Crippen molar-refractivity contribution < 1.29 is 19.7 Å². The van der Waals surface area contributed by atoms with E-state index in [-0.39, 0.29) is 11.8 Å². The molecule has 3 aromatic rings. The van der Waals surface area contributed by atoms with Gasteiger partial charge in [-0.1, -0.05) is 11.6 Å². The highest BCUT2D eigenvalue weighted by atomic mass is 35.5. The Kier molecular flexibility index (Phi) is 9.06. The number of hydrogen-bond acceptors (Lipinski definition) is 7. The molecule has 1 aliphatic heterocycles. The number of methoxy groups -OCH3 is 1. The highest BCUT2D eigenvalue weighted by Gasteiger charge is 2.37. The number of carboxylic acids is 1. The van der Waals surface area contributed by atoms with E-state index in [9.17, 15) is 15.0 Å². The van der Waals surface area contributed by atoms with Crippen molar-refractivity contribution in [2.45, 2.75) is 43.1 Å². The van der Waals surface area contributed by atoms with Crippen LogP contribution in [0.4, 0.5) is 0 Å². The lowest BCUT2D eigenvalue weighted by Gasteiger charge is -2.41. The summed E-state index contributed by atoms with van der Waals surface area (Å²) in [5, 5.41) is 22.0. The van der Waals surface area contributed by atoms with Gasteiger partial charge in [-0.15, -0.1) is 11.8 Å². The number of likely N-dealkylation sites (tertiary alicyclic amines) is 1. The summed E-state index contributed by atoms with van der Waals surface area (Å²) in [6, 6.07) is 9.53. The number of halogens is 1. The molecule has 1 aromatic carbocycles. The molecule has 0 unspecified atom stereocenters. The van der Waals surface area contributed by atoms with Gasteiger partial charge in [0.1, 0.15) is 5.75 Å². The standard InChI is InChI=1S/C27H32ClN3O4S/c1-35-19-2-3-23-21(16-19)26(22(28)18-30-23)24(32)4-7-27(17-25(33)34)8-12-31(13-9-27)14-15-36-20-5-10-29-11-6-20/h2-3,5-6,10-11,16,18,24,32H,4,7-9,12-15,17H2,1H3,(H,33,34)/t24-/m0/s1. The van der Waals surface area contributed by atoms with Gasteiger partial charge in [0.25, 0.3) is 0 Å². The van der Waals surface area contributed by atoms with Crippen LogP contribution in [-0.2, 0) is 4.79 Å². The second-order valence-corrected chi connectivity index (χ2v) is 11.0. The van der Waals surface area contributed by atoms with Crippen molar-refractivity contribution in [3.8, 4) is 5.75 Å². The van der Waals surface area contributed by atoms with Gasteiger partial charge in [0.2, 0.25) is 0 Å². The van der Waals surface area contributed by atoms with Gasteiger partial charge in [-0.2, -0.15) is 0 Å². The van der Waals surface area contributed by atoms with Crippen LogP contribution < -0.4 is 4.74 Å². The molecule has 7 nitrogen and oxygen atoms in total. The van der Waals surface area contributed by atoms with Crippen molar-refractivity contribution in [1.29, 1.82) is 0 Å². The largest absolute Gasteiger partial charge is 0.497 e. The average Bonchev–Trinajstić information content (AvgIpc) is 2.88. The van der Waals surface area contributed by atoms with E-state index in [1.807, 2.05) is 30.3 Å². The first-order valence-electron chi connectivity index (χ1n) is 12.2. The van der Waals surface area contributed by atoms with Crippen LogP contribution in [0.3, 0.4) is 0 Å². The minimum atomic E-state index is -0.824. The zero-order valence-corrected chi connectivity index (χ0v) is 22.0. The molecular formula is C27H32ClN3O4S. The Morgan fingerprint density at radius 2 is 2.00 bits per heavy atom. The van der Waals surface area contributed by atoms with Crippen molar-refractivity contribution in [3.63, 3.8) is 0 Å². The summed E-state index contributed by atoms with van der Waals surface area (Å²) in [6.07, 6.45) is 7.09. The Bertz CT molecular complexity index is 1170. The average molecular weight is 530 g/mol. The monoisotopic (exact) mass is 529 g/mol. The number of pyridine rings is 2. The van der Waals surface area contributed by atoms with Crippen LogP contribution in [0.2, 0.25) is 5.02 Å². The van der Waals surface area contributed by atoms with Gasteiger partial charge in [-0.25, -0.2) is 0 Å². The van der Waals surface area contributed by atoms with Crippen LogP contribution in [0.1, 0.15) is 43.8 Å². The number of carbonyl (C=O) groups is 1. The normalized spacial score (nSPS) is 16.6. The molecule has 1 fully saturated rings. The van der Waals surface area contributed by atoms with E-state index < -0.39 is 12.1 Å². The van der Waals surface area contributed by atoms with Gasteiger partial charge >= 0.3 is 5.97 Å². The molecular weight excluding hydrogens is 498 g/mol. The fraction of sp³-hybridized carbons (Fsp3) is 0.444. The maximum Gasteiger partial charge on any atom is 0.303 e. The zero-order valence-electron chi connectivity index (χ0n) is 20.4. The summed E-state index contributed by atoms with van der Waals surface area (Å²) in [5.74, 6) is 0.853. The molecule has 192 valence electrons. The van der Waals surface area contributed by atoms with Crippen molar-refractivity contribution >= 4 is 40.2 Å². The van der Waals surface area contributed by atoms with Crippen molar-refractivity contribution in [2.24, 2.45) is 5.41 Å². The molecule has 2 aromatic heterocycles. The summed E-state index contributed by atoms with van der Waals surface area (Å²) in [5.41, 5.74) is 1.01. The fourth-order valence-corrected chi connectivity index (χ4v) is 6.21. The smallest absolute Gasteiger partial charge is 0.303 e. The number of thioether (sulfide) groups is 1. The number of rotatable bonds is 11. The quantitative estimate of drug-likeness (QED) is 0.316. The first kappa shape index (κ1) is 26.7. The number of ether oxygens (including phenoxy) is 1. The second-order valence-electron chi connectivity index (χ2n) is 9.40. The van der Waals surface area contributed by atoms with Gasteiger partial charge in [-0.05, 0) is 74.5 Å². The Balaban J connectivity index is 1.39. The van der Waals surface area contributed by atoms with Gasteiger partial charge in [0.15, 0.2) is 0 Å². The number of fused-ring (bicyclic) bond motifs is 1. The molecule has 4 rings (SSSR count). The highest BCUT2D eigenvalue weighted by molar-refractivity contribution is 7.99. The number of carboxylic acid groups (broad SMARTS) is 1. The van der Waals surface area contributed by atoms with Crippen LogP contribution in [0.5, 0.6) is 5.75 Å². The van der Waals surface area contributed by atoms with Crippen molar-refractivity contribution in [3.05, 3.63) is 59.5 Å². The SMILES string of the molecule is COc1ccc2ncc(Cl)c([C@@H](O)CCC3(CC(=O)O)CCN(CCSc4ccncc4)CC3)c2c1. The van der Waals surface area contributed by atoms with E-state index in [4.69, 9.17) is 16.3 Å². The topological polar surface area (TPSA) is 95.8 Å². The molecule has 2 N–H and O–H groups in total. The van der Waals surface area contributed by atoms with E-state index in [0.717, 1.165) is 49.1 Å². The molecule has 0 radical (unpaired) electrons. The van der Waals surface area contributed by atoms with Crippen LogP contribution >= 0.6 is 23.4 Å². The number of hydrogen-bond donors (Lipinski definition) is 2. The lowest BCUT2D eigenvalue weighted by molar-refractivity contribution is -0.141. The lowest BCUT2D eigenvalue weighted by atomic mass is 9.71. The lowest BCUT2D eigenvalue weighted by Crippen LogP contribution is -2.42. The number of nitrogens with zero attached hydrogens (tertiary/aromatic N) is 3. The maximum absolute atomic E-state index is 11.8. The Morgan fingerprint density at radius 3 is 2.69 bits per heavy atom. The first-order valence-corrected chi connectivity index (χ1v) is 13.5. The van der Waals surface area contributed by atoms with Gasteiger partial charge in [0.05, 0.1) is 30.2 Å². The number of aromatic nitrogens is 2. The molecule has 3 heterocycles. The molecule has 36 heavy (non-hydrogen) atoms. The zero-order chi connectivity index (χ0) is 25.5. The third-order valence-corrected chi connectivity index (χ3v) is 8.41. The molecule has 0 bridgehead atoms. The van der Waals surface area contributed by atoms with Crippen molar-refractivity contribution in [1.82, 2.24) is 14.9 Å². The number of piperidine rings is 1. The predicted octanol–water partition coefficient (Wildman–Crippen LogP) is 5.45. The van der Waals surface area contributed by atoms with Gasteiger partial charge in [0, 0.05) is 46.7 Å². The Hall–Kier alpha value is -2.39. The Labute approximate surface area is 220 Å². The molecule has 0 amide bonds. The minimum absolute atomic E-state index is 0.109. The molecule has 0 aliphatic carbocycles. The number of aliphatic hydroxyl groups is 1. The van der Waals surface area contributed by atoms with Crippen LogP contribution in [-0.4, -0.2) is 63.5 Å². The summed E-state index contributed by atoms with van der Waals surface area (Å²) in [7, 11) is 1.59. The summed E-state index contributed by atoms with van der Waals surface area (Å²) in [4.78, 5) is 23.8. The van der Waals surface area contributed by atoms with Crippen LogP contribution in [0.25, 0.3) is 10.9 Å². The molecule has 0 spiro atoms. The van der Waals surface area contributed by atoms with E-state index in [0.29, 0.717) is 29.2 Å². The molecule has 1 atom stereocenters. The fourth-order valence-electron chi connectivity index (χ4n) is 5.03. The third kappa shape index (κ3) is 6.68. The first-order chi connectivity index (χ1) is 17.4. The number of aliphatic carboxylic acids is 1. The maximum atomic E-state index is 11.8. The van der Waals surface area contributed by atoms with E-state index >= 15 is 0 Å². The van der Waals surface area contributed by atoms with Crippen molar-refractivity contribution in [2.75, 3.05) is 32.5 Å². The molecule has 1 aliphatic rings. The predicted molar refractivity (Wildman–Crippen MR) is 143 cm³/mol. The molecule has 9 heteroatoms. The van der Waals surface area contributed by atoms with Gasteiger partial charge in [-0.3, -0.25) is 14.8 Å². The van der Waals surface area contributed by atoms with E-state index in [1.54, 1.807) is 37.5 Å². The molecule has 1 saturated heterocycles. The highest BCUT2D eigenvalue weighted by Crippen LogP contribution is 2.43. The summed E-state index contributed by atoms with van der Waals surface area (Å²) < 4.78 is 5.35. The number of benzene rings is 1. The molecule has 0 saturated carbocycles. The van der Waals surface area contributed by atoms with E-state index in [1.165, 1.54) is 4.90 Å².